The average Bonchev–Trinajstić information content (AvgIpc) is 3.00. The minimum atomic E-state index is -0.160. The number of thiophene rings is 1. The predicted molar refractivity (Wildman–Crippen MR) is 96.6 cm³/mol. The number of rotatable bonds is 4. The predicted octanol–water partition coefficient (Wildman–Crippen LogP) is 2.66. The van der Waals surface area contributed by atoms with E-state index in [1.807, 2.05) is 48.2 Å². The number of nitrogens with zero attached hydrogens (tertiary/aromatic N) is 3. The van der Waals surface area contributed by atoms with Crippen LogP contribution in [-0.4, -0.2) is 49.6 Å². The molecule has 1 unspecified atom stereocenters. The van der Waals surface area contributed by atoms with Gasteiger partial charge in [0.25, 0.3) is 0 Å². The summed E-state index contributed by atoms with van der Waals surface area (Å²) in [6.07, 6.45) is 0.309. The molecule has 3 rings (SSSR count). The standard InChI is InChI=1S/C18H23N3O2S/c1-13-7-8-14(24-13)11-18(22)21-9-10-23-16(12-21)15-5-4-6-17(19-15)20(2)3/h4-8,16H,9-12H2,1-3H3. The third-order valence-corrected chi connectivity index (χ3v) is 5.09. The normalized spacial score (nSPS) is 17.8. The number of amides is 1. The summed E-state index contributed by atoms with van der Waals surface area (Å²) in [4.78, 5) is 23.4. The minimum Gasteiger partial charge on any atom is -0.368 e. The van der Waals surface area contributed by atoms with Gasteiger partial charge in [-0.25, -0.2) is 4.98 Å². The maximum absolute atomic E-state index is 12.6. The lowest BCUT2D eigenvalue weighted by Gasteiger charge is -2.33. The van der Waals surface area contributed by atoms with Crippen molar-refractivity contribution in [1.29, 1.82) is 0 Å². The fourth-order valence-corrected chi connectivity index (χ4v) is 3.65. The zero-order chi connectivity index (χ0) is 17.1. The number of aryl methyl sites for hydroxylation is 1. The van der Waals surface area contributed by atoms with Crippen LogP contribution in [0.15, 0.2) is 30.3 Å². The molecule has 1 aliphatic rings. The quantitative estimate of drug-likeness (QED) is 0.855. The highest BCUT2D eigenvalue weighted by atomic mass is 32.1. The van der Waals surface area contributed by atoms with Crippen molar-refractivity contribution in [2.24, 2.45) is 0 Å². The maximum Gasteiger partial charge on any atom is 0.228 e. The van der Waals surface area contributed by atoms with Crippen LogP contribution in [0.25, 0.3) is 0 Å². The van der Waals surface area contributed by atoms with Crippen LogP contribution in [0, 0.1) is 6.92 Å². The SMILES string of the molecule is Cc1ccc(CC(=O)N2CCOC(c3cccc(N(C)C)n3)C2)s1. The summed E-state index contributed by atoms with van der Waals surface area (Å²) in [7, 11) is 3.93. The van der Waals surface area contributed by atoms with Gasteiger partial charge in [0.2, 0.25) is 5.91 Å². The number of hydrogen-bond donors (Lipinski definition) is 0. The van der Waals surface area contributed by atoms with Crippen molar-refractivity contribution >= 4 is 23.1 Å². The second-order valence-corrected chi connectivity index (χ2v) is 7.58. The van der Waals surface area contributed by atoms with E-state index < -0.39 is 0 Å². The van der Waals surface area contributed by atoms with Gasteiger partial charge in [-0.3, -0.25) is 4.79 Å². The van der Waals surface area contributed by atoms with Gasteiger partial charge in [-0.05, 0) is 31.2 Å². The first-order valence-electron chi connectivity index (χ1n) is 8.12. The molecule has 1 amide bonds. The van der Waals surface area contributed by atoms with Gasteiger partial charge < -0.3 is 14.5 Å². The Balaban J connectivity index is 1.67. The molecule has 24 heavy (non-hydrogen) atoms. The Kier molecular flexibility index (Phi) is 5.16. The first kappa shape index (κ1) is 16.9. The molecule has 0 bridgehead atoms. The van der Waals surface area contributed by atoms with Gasteiger partial charge in [0, 0.05) is 30.4 Å². The van der Waals surface area contributed by atoms with Crippen LogP contribution < -0.4 is 4.90 Å². The van der Waals surface area contributed by atoms with Crippen molar-refractivity contribution in [2.75, 3.05) is 38.7 Å². The first-order valence-corrected chi connectivity index (χ1v) is 8.93. The topological polar surface area (TPSA) is 45.7 Å². The van der Waals surface area contributed by atoms with Crippen LogP contribution in [0.5, 0.6) is 0 Å². The molecular weight excluding hydrogens is 322 g/mol. The molecule has 1 atom stereocenters. The van der Waals surface area contributed by atoms with Crippen molar-refractivity contribution < 1.29 is 9.53 Å². The zero-order valence-electron chi connectivity index (χ0n) is 14.4. The zero-order valence-corrected chi connectivity index (χ0v) is 15.2. The molecule has 0 radical (unpaired) electrons. The van der Waals surface area contributed by atoms with Crippen LogP contribution in [0.1, 0.15) is 21.6 Å². The molecule has 3 heterocycles. The van der Waals surface area contributed by atoms with Crippen molar-refractivity contribution in [3.8, 4) is 0 Å². The van der Waals surface area contributed by atoms with Gasteiger partial charge in [0.15, 0.2) is 0 Å². The summed E-state index contributed by atoms with van der Waals surface area (Å²) in [5.41, 5.74) is 0.880. The van der Waals surface area contributed by atoms with E-state index in [1.54, 1.807) is 11.3 Å². The van der Waals surface area contributed by atoms with Crippen LogP contribution in [0.3, 0.4) is 0 Å². The molecule has 1 aliphatic heterocycles. The van der Waals surface area contributed by atoms with Gasteiger partial charge in [0.1, 0.15) is 11.9 Å². The monoisotopic (exact) mass is 345 g/mol. The number of carbonyl (C=O) groups excluding carboxylic acids is 1. The number of morpholine rings is 1. The van der Waals surface area contributed by atoms with Crippen LogP contribution in [-0.2, 0) is 16.0 Å². The summed E-state index contributed by atoms with van der Waals surface area (Å²) < 4.78 is 5.86. The smallest absolute Gasteiger partial charge is 0.228 e. The molecule has 128 valence electrons. The molecule has 2 aromatic heterocycles. The number of hydrogen-bond acceptors (Lipinski definition) is 5. The molecule has 0 aliphatic carbocycles. The molecule has 1 saturated heterocycles. The molecule has 0 N–H and O–H groups in total. The van der Waals surface area contributed by atoms with Crippen LogP contribution in [0.2, 0.25) is 0 Å². The van der Waals surface area contributed by atoms with E-state index in [0.29, 0.717) is 26.1 Å². The summed E-state index contributed by atoms with van der Waals surface area (Å²) >= 11 is 1.69. The Morgan fingerprint density at radius 1 is 1.38 bits per heavy atom. The van der Waals surface area contributed by atoms with E-state index in [0.717, 1.165) is 16.4 Å². The van der Waals surface area contributed by atoms with Gasteiger partial charge in [-0.15, -0.1) is 11.3 Å². The third-order valence-electron chi connectivity index (χ3n) is 4.08. The Labute approximate surface area is 146 Å². The van der Waals surface area contributed by atoms with Gasteiger partial charge >= 0.3 is 0 Å². The van der Waals surface area contributed by atoms with E-state index in [9.17, 15) is 4.79 Å². The number of ether oxygens (including phenoxy) is 1. The Hall–Kier alpha value is -1.92. The highest BCUT2D eigenvalue weighted by molar-refractivity contribution is 7.12. The highest BCUT2D eigenvalue weighted by Gasteiger charge is 2.26. The minimum absolute atomic E-state index is 0.160. The number of carbonyl (C=O) groups is 1. The lowest BCUT2D eigenvalue weighted by molar-refractivity contribution is -0.138. The molecule has 5 nitrogen and oxygen atoms in total. The van der Waals surface area contributed by atoms with Crippen molar-refractivity contribution in [3.63, 3.8) is 0 Å². The largest absolute Gasteiger partial charge is 0.368 e. The third kappa shape index (κ3) is 3.94. The Morgan fingerprint density at radius 3 is 2.92 bits per heavy atom. The fraction of sp³-hybridized carbons (Fsp3) is 0.444. The lowest BCUT2D eigenvalue weighted by Crippen LogP contribution is -2.43. The molecule has 0 spiro atoms. The summed E-state index contributed by atoms with van der Waals surface area (Å²) in [6, 6.07) is 10.0. The van der Waals surface area contributed by atoms with E-state index in [4.69, 9.17) is 4.74 Å². The molecule has 0 saturated carbocycles. The fourth-order valence-electron chi connectivity index (χ4n) is 2.76. The number of anilines is 1. The number of aromatic nitrogens is 1. The van der Waals surface area contributed by atoms with Crippen molar-refractivity contribution in [1.82, 2.24) is 9.88 Å². The van der Waals surface area contributed by atoms with E-state index in [1.165, 1.54) is 4.88 Å². The van der Waals surface area contributed by atoms with E-state index >= 15 is 0 Å². The average molecular weight is 345 g/mol. The lowest BCUT2D eigenvalue weighted by atomic mass is 10.1. The van der Waals surface area contributed by atoms with E-state index in [2.05, 4.69) is 18.0 Å². The highest BCUT2D eigenvalue weighted by Crippen LogP contribution is 2.24. The first-order chi connectivity index (χ1) is 11.5. The second-order valence-electron chi connectivity index (χ2n) is 6.20. The number of pyridine rings is 1. The summed E-state index contributed by atoms with van der Waals surface area (Å²) in [6.45, 7) is 3.82. The second kappa shape index (κ2) is 7.32. The maximum atomic E-state index is 12.6. The van der Waals surface area contributed by atoms with Crippen LogP contribution in [0.4, 0.5) is 5.82 Å². The molecule has 1 fully saturated rings. The van der Waals surface area contributed by atoms with Crippen LogP contribution >= 0.6 is 11.3 Å². The Morgan fingerprint density at radius 2 is 2.21 bits per heavy atom. The molecule has 6 heteroatoms. The van der Waals surface area contributed by atoms with Gasteiger partial charge in [-0.1, -0.05) is 6.07 Å². The van der Waals surface area contributed by atoms with Gasteiger partial charge in [-0.2, -0.15) is 0 Å². The molecule has 2 aromatic rings. The summed E-state index contributed by atoms with van der Waals surface area (Å²) in [5.74, 6) is 1.06. The van der Waals surface area contributed by atoms with Crippen molar-refractivity contribution in [3.05, 3.63) is 45.8 Å². The molecule has 0 aromatic carbocycles. The Bertz CT molecular complexity index is 714. The summed E-state index contributed by atoms with van der Waals surface area (Å²) in [5, 5.41) is 0. The van der Waals surface area contributed by atoms with E-state index in [-0.39, 0.29) is 12.0 Å². The molecular formula is C18H23N3O2S. The van der Waals surface area contributed by atoms with Crippen molar-refractivity contribution in [2.45, 2.75) is 19.4 Å². The van der Waals surface area contributed by atoms with Gasteiger partial charge in [0.05, 0.1) is 25.3 Å².